The normalized spacial score (nSPS) is 17.8. The van der Waals surface area contributed by atoms with Crippen molar-refractivity contribution >= 4 is 12.2 Å². The summed E-state index contributed by atoms with van der Waals surface area (Å²) >= 11 is 5.30. The molecule has 0 bridgehead atoms. The second-order valence-electron chi connectivity index (χ2n) is 5.66. The number of hydrogen-bond donors (Lipinski definition) is 1. The second kappa shape index (κ2) is 5.80. The van der Waals surface area contributed by atoms with Crippen molar-refractivity contribution in [3.8, 4) is 0 Å². The molecule has 0 radical (unpaired) electrons. The quantitative estimate of drug-likeness (QED) is 0.830. The molecule has 1 fully saturated rings. The van der Waals surface area contributed by atoms with Gasteiger partial charge < -0.3 is 4.57 Å². The molecule has 2 rings (SSSR count). The van der Waals surface area contributed by atoms with Crippen LogP contribution in [0.5, 0.6) is 0 Å². The van der Waals surface area contributed by atoms with Crippen molar-refractivity contribution in [2.24, 2.45) is 11.8 Å². The first-order chi connectivity index (χ1) is 8.16. The van der Waals surface area contributed by atoms with Gasteiger partial charge in [-0.25, -0.2) is 0 Å². The van der Waals surface area contributed by atoms with Gasteiger partial charge in [-0.1, -0.05) is 46.0 Å². The minimum absolute atomic E-state index is 0.615. The van der Waals surface area contributed by atoms with Gasteiger partial charge in [-0.15, -0.1) is 0 Å². The van der Waals surface area contributed by atoms with Crippen LogP contribution >= 0.6 is 12.2 Å². The molecule has 1 aliphatic carbocycles. The Kier molecular flexibility index (Phi) is 4.37. The standard InChI is InChI=1S/C13H23N3S/c1-10(2)9-16-12(14-15-13(16)17)8-11-6-4-3-5-7-11/h10-11H,3-9H2,1-2H3,(H,15,17). The van der Waals surface area contributed by atoms with Crippen molar-refractivity contribution in [2.75, 3.05) is 0 Å². The first-order valence-corrected chi connectivity index (χ1v) is 7.21. The highest BCUT2D eigenvalue weighted by Gasteiger charge is 2.17. The van der Waals surface area contributed by atoms with Crippen LogP contribution in [0.3, 0.4) is 0 Å². The summed E-state index contributed by atoms with van der Waals surface area (Å²) < 4.78 is 2.97. The lowest BCUT2D eigenvalue weighted by Crippen LogP contribution is -2.15. The van der Waals surface area contributed by atoms with Crippen molar-refractivity contribution in [1.29, 1.82) is 0 Å². The van der Waals surface area contributed by atoms with E-state index in [1.165, 1.54) is 32.1 Å². The third-order valence-electron chi connectivity index (χ3n) is 3.58. The van der Waals surface area contributed by atoms with E-state index in [0.717, 1.165) is 29.5 Å². The van der Waals surface area contributed by atoms with E-state index in [2.05, 4.69) is 28.6 Å². The lowest BCUT2D eigenvalue weighted by atomic mass is 9.87. The van der Waals surface area contributed by atoms with E-state index in [-0.39, 0.29) is 0 Å². The van der Waals surface area contributed by atoms with Crippen molar-refractivity contribution in [1.82, 2.24) is 14.8 Å². The van der Waals surface area contributed by atoms with Crippen LogP contribution in [0.2, 0.25) is 0 Å². The van der Waals surface area contributed by atoms with Crippen LogP contribution < -0.4 is 0 Å². The topological polar surface area (TPSA) is 33.6 Å². The first-order valence-electron chi connectivity index (χ1n) is 6.81. The zero-order valence-electron chi connectivity index (χ0n) is 10.9. The maximum Gasteiger partial charge on any atom is 0.195 e. The van der Waals surface area contributed by atoms with E-state index in [1.807, 2.05) is 0 Å². The van der Waals surface area contributed by atoms with Crippen LogP contribution in [-0.2, 0) is 13.0 Å². The number of H-pyrrole nitrogens is 1. The molecule has 1 aromatic rings. The van der Waals surface area contributed by atoms with Gasteiger partial charge in [-0.3, -0.25) is 5.10 Å². The van der Waals surface area contributed by atoms with Gasteiger partial charge in [0, 0.05) is 13.0 Å². The van der Waals surface area contributed by atoms with E-state index < -0.39 is 0 Å². The van der Waals surface area contributed by atoms with E-state index >= 15 is 0 Å². The highest BCUT2D eigenvalue weighted by atomic mass is 32.1. The van der Waals surface area contributed by atoms with Crippen molar-refractivity contribution in [3.05, 3.63) is 10.6 Å². The van der Waals surface area contributed by atoms with Crippen LogP contribution in [0, 0.1) is 16.6 Å². The van der Waals surface area contributed by atoms with E-state index in [1.54, 1.807) is 0 Å². The number of hydrogen-bond acceptors (Lipinski definition) is 2. The monoisotopic (exact) mass is 253 g/mol. The van der Waals surface area contributed by atoms with Gasteiger partial charge in [0.1, 0.15) is 5.82 Å². The Balaban J connectivity index is 2.06. The molecule has 17 heavy (non-hydrogen) atoms. The lowest BCUT2D eigenvalue weighted by molar-refractivity contribution is 0.344. The Morgan fingerprint density at radius 2 is 2.06 bits per heavy atom. The third-order valence-corrected chi connectivity index (χ3v) is 3.89. The summed E-state index contributed by atoms with van der Waals surface area (Å²) in [6.45, 7) is 5.43. The molecule has 0 saturated heterocycles. The van der Waals surface area contributed by atoms with Gasteiger partial charge in [0.05, 0.1) is 0 Å². The minimum Gasteiger partial charge on any atom is -0.304 e. The Bertz CT molecular complexity index is 399. The van der Waals surface area contributed by atoms with Crippen LogP contribution in [0.25, 0.3) is 0 Å². The van der Waals surface area contributed by atoms with Gasteiger partial charge in [0.25, 0.3) is 0 Å². The molecule has 1 aromatic heterocycles. The molecule has 96 valence electrons. The average molecular weight is 253 g/mol. The maximum atomic E-state index is 5.30. The summed E-state index contributed by atoms with van der Waals surface area (Å²) in [4.78, 5) is 0. The SMILES string of the molecule is CC(C)Cn1c(CC2CCCCC2)n[nH]c1=S. The predicted octanol–water partition coefficient (Wildman–Crippen LogP) is 3.72. The average Bonchev–Trinajstić information content (AvgIpc) is 2.62. The van der Waals surface area contributed by atoms with Gasteiger partial charge in [-0.2, -0.15) is 5.10 Å². The van der Waals surface area contributed by atoms with Crippen LogP contribution in [-0.4, -0.2) is 14.8 Å². The van der Waals surface area contributed by atoms with Crippen molar-refractivity contribution in [2.45, 2.75) is 58.9 Å². The molecule has 3 nitrogen and oxygen atoms in total. The fourth-order valence-electron chi connectivity index (χ4n) is 2.71. The maximum absolute atomic E-state index is 5.30. The summed E-state index contributed by atoms with van der Waals surface area (Å²) in [7, 11) is 0. The largest absolute Gasteiger partial charge is 0.304 e. The molecule has 0 atom stereocenters. The molecular weight excluding hydrogens is 230 g/mol. The summed E-state index contributed by atoms with van der Waals surface area (Å²) in [5.74, 6) is 2.60. The third kappa shape index (κ3) is 3.41. The first kappa shape index (κ1) is 12.8. The summed E-state index contributed by atoms with van der Waals surface area (Å²) in [6, 6.07) is 0. The predicted molar refractivity (Wildman–Crippen MR) is 72.5 cm³/mol. The Morgan fingerprint density at radius 3 is 2.71 bits per heavy atom. The number of nitrogens with zero attached hydrogens (tertiary/aromatic N) is 2. The van der Waals surface area contributed by atoms with E-state index in [0.29, 0.717) is 5.92 Å². The molecule has 1 N–H and O–H groups in total. The molecular formula is C13H23N3S. The Labute approximate surface area is 109 Å². The fraction of sp³-hybridized carbons (Fsp3) is 0.846. The summed E-state index contributed by atoms with van der Waals surface area (Å²) in [5, 5.41) is 7.36. The highest BCUT2D eigenvalue weighted by Crippen LogP contribution is 2.26. The van der Waals surface area contributed by atoms with E-state index in [9.17, 15) is 0 Å². The number of aromatic amines is 1. The number of rotatable bonds is 4. The summed E-state index contributed by atoms with van der Waals surface area (Å²) in [5.41, 5.74) is 0. The molecule has 0 aromatic carbocycles. The van der Waals surface area contributed by atoms with Crippen LogP contribution in [0.1, 0.15) is 51.8 Å². The smallest absolute Gasteiger partial charge is 0.195 e. The van der Waals surface area contributed by atoms with Gasteiger partial charge in [-0.05, 0) is 24.1 Å². The Hall–Kier alpha value is -0.640. The molecule has 1 heterocycles. The van der Waals surface area contributed by atoms with Crippen LogP contribution in [0.4, 0.5) is 0 Å². The van der Waals surface area contributed by atoms with Crippen LogP contribution in [0.15, 0.2) is 0 Å². The minimum atomic E-state index is 0.615. The molecule has 0 amide bonds. The molecule has 1 aliphatic rings. The molecule has 0 spiro atoms. The molecule has 4 heteroatoms. The molecule has 1 saturated carbocycles. The molecule has 0 unspecified atom stereocenters. The number of nitrogens with one attached hydrogen (secondary N) is 1. The molecule has 0 aliphatic heterocycles. The Morgan fingerprint density at radius 1 is 1.35 bits per heavy atom. The van der Waals surface area contributed by atoms with Gasteiger partial charge >= 0.3 is 0 Å². The van der Waals surface area contributed by atoms with Gasteiger partial charge in [0.2, 0.25) is 0 Å². The summed E-state index contributed by atoms with van der Waals surface area (Å²) in [6.07, 6.45) is 8.01. The van der Waals surface area contributed by atoms with Gasteiger partial charge in [0.15, 0.2) is 4.77 Å². The van der Waals surface area contributed by atoms with E-state index in [4.69, 9.17) is 12.2 Å². The lowest BCUT2D eigenvalue weighted by Gasteiger charge is -2.21. The zero-order chi connectivity index (χ0) is 12.3. The van der Waals surface area contributed by atoms with Crippen molar-refractivity contribution < 1.29 is 0 Å². The highest BCUT2D eigenvalue weighted by molar-refractivity contribution is 7.71. The second-order valence-corrected chi connectivity index (χ2v) is 6.04. The van der Waals surface area contributed by atoms with Crippen molar-refractivity contribution in [3.63, 3.8) is 0 Å². The fourth-order valence-corrected chi connectivity index (χ4v) is 2.93. The number of aromatic nitrogens is 3. The zero-order valence-corrected chi connectivity index (χ0v) is 11.7.